The van der Waals surface area contributed by atoms with Gasteiger partial charge in [0.2, 0.25) is 0 Å². The predicted molar refractivity (Wildman–Crippen MR) is 94.3 cm³/mol. The summed E-state index contributed by atoms with van der Waals surface area (Å²) < 4.78 is 5.68. The van der Waals surface area contributed by atoms with E-state index in [1.54, 1.807) is 0 Å². The zero-order valence-corrected chi connectivity index (χ0v) is 14.1. The maximum Gasteiger partial charge on any atom is 0.265 e. The summed E-state index contributed by atoms with van der Waals surface area (Å²) >= 11 is 1.49. The first kappa shape index (κ1) is 16.0. The lowest BCUT2D eigenvalue weighted by molar-refractivity contribution is 0.0931. The molecule has 23 heavy (non-hydrogen) atoms. The third-order valence-electron chi connectivity index (χ3n) is 3.89. The molecule has 0 aliphatic carbocycles. The topological polar surface area (TPSA) is 50.4 Å². The Labute approximate surface area is 140 Å². The standard InChI is InChI=1S/C18H22N2O2S/c1-2-22-15-11-16(13-7-4-3-5-8-13)23-17(15)18(21)20-14-9-6-10-19-12-14/h3-5,7-8,11,14,19H,2,6,9-10,12H2,1H3,(H,20,21)/t14-/m0/s1. The fraction of sp³-hybridized carbons (Fsp3) is 0.389. The number of benzene rings is 1. The summed E-state index contributed by atoms with van der Waals surface area (Å²) in [6.45, 7) is 4.36. The summed E-state index contributed by atoms with van der Waals surface area (Å²) in [6, 6.07) is 12.3. The number of amides is 1. The summed E-state index contributed by atoms with van der Waals surface area (Å²) in [5, 5.41) is 6.45. The van der Waals surface area contributed by atoms with Crippen LogP contribution in [0.15, 0.2) is 36.4 Å². The van der Waals surface area contributed by atoms with Crippen molar-refractivity contribution in [3.8, 4) is 16.2 Å². The molecular formula is C18H22N2O2S. The summed E-state index contributed by atoms with van der Waals surface area (Å²) in [5.41, 5.74) is 1.11. The second-order valence-corrected chi connectivity index (χ2v) is 6.67. The van der Waals surface area contributed by atoms with Crippen LogP contribution < -0.4 is 15.4 Å². The van der Waals surface area contributed by atoms with Gasteiger partial charge in [0, 0.05) is 17.5 Å². The van der Waals surface area contributed by atoms with Crippen LogP contribution in [0.4, 0.5) is 0 Å². The van der Waals surface area contributed by atoms with Crippen LogP contribution in [-0.2, 0) is 0 Å². The number of thiophene rings is 1. The summed E-state index contributed by atoms with van der Waals surface area (Å²) in [7, 11) is 0. The Morgan fingerprint density at radius 3 is 2.91 bits per heavy atom. The van der Waals surface area contributed by atoms with Crippen LogP contribution in [0.3, 0.4) is 0 Å². The Balaban J connectivity index is 1.81. The van der Waals surface area contributed by atoms with Crippen molar-refractivity contribution in [3.05, 3.63) is 41.3 Å². The Morgan fingerprint density at radius 2 is 2.22 bits per heavy atom. The van der Waals surface area contributed by atoms with E-state index in [1.807, 2.05) is 43.3 Å². The Bertz CT molecular complexity index is 648. The molecule has 1 aliphatic rings. The van der Waals surface area contributed by atoms with Gasteiger partial charge in [-0.25, -0.2) is 0 Å². The van der Waals surface area contributed by atoms with E-state index >= 15 is 0 Å². The maximum atomic E-state index is 12.6. The molecule has 0 bridgehead atoms. The highest BCUT2D eigenvalue weighted by molar-refractivity contribution is 7.17. The van der Waals surface area contributed by atoms with Gasteiger partial charge in [0.1, 0.15) is 10.6 Å². The molecule has 3 rings (SSSR count). The number of rotatable bonds is 5. The highest BCUT2D eigenvalue weighted by Gasteiger charge is 2.22. The van der Waals surface area contributed by atoms with E-state index in [4.69, 9.17) is 4.74 Å². The van der Waals surface area contributed by atoms with Crippen molar-refractivity contribution in [2.75, 3.05) is 19.7 Å². The molecule has 1 amide bonds. The molecule has 2 N–H and O–H groups in total. The smallest absolute Gasteiger partial charge is 0.265 e. The van der Waals surface area contributed by atoms with Crippen molar-refractivity contribution in [2.24, 2.45) is 0 Å². The number of carbonyl (C=O) groups is 1. The van der Waals surface area contributed by atoms with E-state index in [-0.39, 0.29) is 11.9 Å². The van der Waals surface area contributed by atoms with Gasteiger partial charge >= 0.3 is 0 Å². The number of piperidine rings is 1. The van der Waals surface area contributed by atoms with Crippen molar-refractivity contribution in [1.29, 1.82) is 0 Å². The van der Waals surface area contributed by atoms with Gasteiger partial charge in [0.05, 0.1) is 6.61 Å². The molecule has 1 aliphatic heterocycles. The summed E-state index contributed by atoms with van der Waals surface area (Å²) in [4.78, 5) is 14.4. The van der Waals surface area contributed by atoms with Crippen molar-refractivity contribution >= 4 is 17.2 Å². The molecule has 0 unspecified atom stereocenters. The van der Waals surface area contributed by atoms with Crippen LogP contribution >= 0.6 is 11.3 Å². The van der Waals surface area contributed by atoms with Gasteiger partial charge in [0.15, 0.2) is 0 Å². The normalized spacial score (nSPS) is 17.7. The van der Waals surface area contributed by atoms with Gasteiger partial charge in [-0.05, 0) is 37.9 Å². The molecular weight excluding hydrogens is 308 g/mol. The molecule has 4 nitrogen and oxygen atoms in total. The van der Waals surface area contributed by atoms with Crippen LogP contribution in [0.5, 0.6) is 5.75 Å². The lowest BCUT2D eigenvalue weighted by Crippen LogP contribution is -2.45. The number of hydrogen-bond donors (Lipinski definition) is 2. The molecule has 2 heterocycles. The molecule has 5 heteroatoms. The quantitative estimate of drug-likeness (QED) is 0.884. The first-order valence-electron chi connectivity index (χ1n) is 8.11. The van der Waals surface area contributed by atoms with Gasteiger partial charge in [-0.15, -0.1) is 11.3 Å². The first-order valence-corrected chi connectivity index (χ1v) is 8.93. The van der Waals surface area contributed by atoms with Crippen molar-refractivity contribution in [1.82, 2.24) is 10.6 Å². The van der Waals surface area contributed by atoms with Crippen LogP contribution in [0.1, 0.15) is 29.4 Å². The minimum absolute atomic E-state index is 0.0330. The number of ether oxygens (including phenoxy) is 1. The van der Waals surface area contributed by atoms with Crippen LogP contribution in [-0.4, -0.2) is 31.6 Å². The van der Waals surface area contributed by atoms with Crippen LogP contribution in [0.25, 0.3) is 10.4 Å². The number of nitrogens with one attached hydrogen (secondary N) is 2. The van der Waals surface area contributed by atoms with E-state index in [9.17, 15) is 4.79 Å². The van der Waals surface area contributed by atoms with Crippen molar-refractivity contribution in [2.45, 2.75) is 25.8 Å². The molecule has 0 spiro atoms. The number of carbonyl (C=O) groups excluding carboxylic acids is 1. The lowest BCUT2D eigenvalue weighted by Gasteiger charge is -2.23. The molecule has 1 aromatic carbocycles. The molecule has 122 valence electrons. The monoisotopic (exact) mass is 330 g/mol. The number of hydrogen-bond acceptors (Lipinski definition) is 4. The van der Waals surface area contributed by atoms with Gasteiger partial charge in [0.25, 0.3) is 5.91 Å². The third kappa shape index (κ3) is 3.92. The Hall–Kier alpha value is -1.85. The highest BCUT2D eigenvalue weighted by Crippen LogP contribution is 2.36. The summed E-state index contributed by atoms with van der Waals surface area (Å²) in [6.07, 6.45) is 2.13. The highest BCUT2D eigenvalue weighted by atomic mass is 32.1. The fourth-order valence-corrected chi connectivity index (χ4v) is 3.78. The first-order chi connectivity index (χ1) is 11.3. The van der Waals surface area contributed by atoms with E-state index in [1.165, 1.54) is 11.3 Å². The van der Waals surface area contributed by atoms with Crippen LogP contribution in [0.2, 0.25) is 0 Å². The SMILES string of the molecule is CCOc1cc(-c2ccccc2)sc1C(=O)N[C@H]1CCCNC1. The van der Waals surface area contributed by atoms with Gasteiger partial charge in [-0.3, -0.25) is 4.79 Å². The second kappa shape index (κ2) is 7.62. The molecule has 1 atom stereocenters. The van der Waals surface area contributed by atoms with E-state index in [0.717, 1.165) is 36.4 Å². The van der Waals surface area contributed by atoms with Gasteiger partial charge in [-0.2, -0.15) is 0 Å². The van der Waals surface area contributed by atoms with Crippen LogP contribution in [0, 0.1) is 0 Å². The third-order valence-corrected chi connectivity index (χ3v) is 5.06. The van der Waals surface area contributed by atoms with Crippen molar-refractivity contribution in [3.63, 3.8) is 0 Å². The van der Waals surface area contributed by atoms with E-state index in [0.29, 0.717) is 17.2 Å². The second-order valence-electron chi connectivity index (χ2n) is 5.62. The van der Waals surface area contributed by atoms with Gasteiger partial charge in [-0.1, -0.05) is 30.3 Å². The average molecular weight is 330 g/mol. The average Bonchev–Trinajstić information content (AvgIpc) is 3.01. The fourth-order valence-electron chi connectivity index (χ4n) is 2.77. The van der Waals surface area contributed by atoms with Gasteiger partial charge < -0.3 is 15.4 Å². The zero-order valence-electron chi connectivity index (χ0n) is 13.3. The molecule has 1 aromatic heterocycles. The Morgan fingerprint density at radius 1 is 1.39 bits per heavy atom. The predicted octanol–water partition coefficient (Wildman–Crippen LogP) is 3.30. The van der Waals surface area contributed by atoms with Crippen molar-refractivity contribution < 1.29 is 9.53 Å². The largest absolute Gasteiger partial charge is 0.492 e. The molecule has 1 fully saturated rings. The maximum absolute atomic E-state index is 12.6. The minimum atomic E-state index is -0.0330. The van der Waals surface area contributed by atoms with E-state index < -0.39 is 0 Å². The zero-order chi connectivity index (χ0) is 16.1. The molecule has 2 aromatic rings. The molecule has 0 radical (unpaired) electrons. The Kier molecular flexibility index (Phi) is 5.31. The molecule has 1 saturated heterocycles. The minimum Gasteiger partial charge on any atom is -0.492 e. The molecule has 0 saturated carbocycles. The summed E-state index contributed by atoms with van der Waals surface area (Å²) in [5.74, 6) is 0.645. The van der Waals surface area contributed by atoms with E-state index in [2.05, 4.69) is 10.6 Å². The lowest BCUT2D eigenvalue weighted by atomic mass is 10.1.